The van der Waals surface area contributed by atoms with Gasteiger partial charge in [0.05, 0.1) is 23.7 Å². The number of sulfonamides is 1. The second-order valence-corrected chi connectivity index (χ2v) is 11.9. The van der Waals surface area contributed by atoms with Gasteiger partial charge in [-0.15, -0.1) is 0 Å². The summed E-state index contributed by atoms with van der Waals surface area (Å²) in [5, 5.41) is 9.42. The SMILES string of the molecule is O=S(=O)(NCc1ccc(C2OC(CN3CCCCC3)CC(c3ccc(CO)cc3)O2)cc1)c1ccccc1. The predicted octanol–water partition coefficient (Wildman–Crippen LogP) is 4.69. The van der Waals surface area contributed by atoms with Crippen molar-refractivity contribution in [3.63, 3.8) is 0 Å². The number of ether oxygens (including phenoxy) is 2. The average Bonchev–Trinajstić information content (AvgIpc) is 2.97. The van der Waals surface area contributed by atoms with Crippen LogP contribution in [0.5, 0.6) is 0 Å². The fourth-order valence-electron chi connectivity index (χ4n) is 5.12. The Bertz CT molecular complexity index is 1260. The first-order valence-electron chi connectivity index (χ1n) is 13.4. The van der Waals surface area contributed by atoms with E-state index in [-0.39, 0.29) is 30.3 Å². The summed E-state index contributed by atoms with van der Waals surface area (Å²) >= 11 is 0. The van der Waals surface area contributed by atoms with E-state index in [0.29, 0.717) is 0 Å². The highest BCUT2D eigenvalue weighted by molar-refractivity contribution is 7.89. The van der Waals surface area contributed by atoms with Crippen molar-refractivity contribution in [3.05, 3.63) is 101 Å². The molecular formula is C30H36N2O5S. The van der Waals surface area contributed by atoms with Crippen LogP contribution in [-0.4, -0.2) is 44.2 Å². The molecule has 0 radical (unpaired) electrons. The van der Waals surface area contributed by atoms with E-state index in [4.69, 9.17) is 9.47 Å². The van der Waals surface area contributed by atoms with Gasteiger partial charge in [0, 0.05) is 25.1 Å². The maximum atomic E-state index is 12.6. The lowest BCUT2D eigenvalue weighted by Gasteiger charge is -2.39. The molecule has 0 aliphatic carbocycles. The van der Waals surface area contributed by atoms with Gasteiger partial charge in [-0.3, -0.25) is 0 Å². The lowest BCUT2D eigenvalue weighted by atomic mass is 9.99. The van der Waals surface area contributed by atoms with Crippen LogP contribution in [-0.2, 0) is 32.6 Å². The largest absolute Gasteiger partial charge is 0.392 e. The normalized spacial score (nSPS) is 22.8. The lowest BCUT2D eigenvalue weighted by molar-refractivity contribution is -0.253. The minimum atomic E-state index is -3.57. The number of hydrogen-bond donors (Lipinski definition) is 2. The van der Waals surface area contributed by atoms with Gasteiger partial charge in [0.1, 0.15) is 0 Å². The Morgan fingerprint density at radius 2 is 1.47 bits per heavy atom. The molecule has 7 nitrogen and oxygen atoms in total. The Kier molecular flexibility index (Phi) is 8.89. The topological polar surface area (TPSA) is 88.1 Å². The fraction of sp³-hybridized carbons (Fsp3) is 0.400. The first-order chi connectivity index (χ1) is 18.5. The van der Waals surface area contributed by atoms with Crippen LogP contribution in [0, 0.1) is 0 Å². The Labute approximate surface area is 225 Å². The van der Waals surface area contributed by atoms with E-state index in [1.807, 2.05) is 48.5 Å². The number of hydrogen-bond acceptors (Lipinski definition) is 6. The number of likely N-dealkylation sites (tertiary alicyclic amines) is 1. The van der Waals surface area contributed by atoms with E-state index in [1.165, 1.54) is 19.3 Å². The highest BCUT2D eigenvalue weighted by Gasteiger charge is 2.33. The molecule has 0 bridgehead atoms. The van der Waals surface area contributed by atoms with Gasteiger partial charge in [0.2, 0.25) is 10.0 Å². The number of nitrogens with one attached hydrogen (secondary N) is 1. The lowest BCUT2D eigenvalue weighted by Crippen LogP contribution is -2.41. The molecule has 8 heteroatoms. The molecule has 2 N–H and O–H groups in total. The molecule has 3 atom stereocenters. The van der Waals surface area contributed by atoms with Crippen LogP contribution in [0.3, 0.4) is 0 Å². The standard InChI is InChI=1S/C30H36N2O5S/c33-22-24-11-13-25(14-12-24)29-19-27(21-32-17-5-2-6-18-32)36-30(37-29)26-15-9-23(10-16-26)20-31-38(34,35)28-7-3-1-4-8-28/h1,3-4,7-16,27,29-31,33H,2,5-6,17-22H2. The zero-order chi connectivity index (χ0) is 26.4. The number of piperidine rings is 1. The molecule has 2 fully saturated rings. The van der Waals surface area contributed by atoms with Crippen molar-refractivity contribution >= 4 is 10.0 Å². The van der Waals surface area contributed by atoms with Crippen molar-refractivity contribution in [3.8, 4) is 0 Å². The maximum absolute atomic E-state index is 12.6. The number of benzene rings is 3. The van der Waals surface area contributed by atoms with Crippen molar-refractivity contribution in [2.75, 3.05) is 19.6 Å². The summed E-state index contributed by atoms with van der Waals surface area (Å²) in [5.41, 5.74) is 3.71. The van der Waals surface area contributed by atoms with Crippen LogP contribution in [0.1, 0.15) is 60.3 Å². The van der Waals surface area contributed by atoms with Gasteiger partial charge < -0.3 is 19.5 Å². The molecule has 3 aromatic carbocycles. The number of aliphatic hydroxyl groups is 1. The molecule has 38 heavy (non-hydrogen) atoms. The quantitative estimate of drug-likeness (QED) is 0.413. The minimum Gasteiger partial charge on any atom is -0.392 e. The summed E-state index contributed by atoms with van der Waals surface area (Å²) in [5.74, 6) is 0. The Morgan fingerprint density at radius 3 is 2.16 bits per heavy atom. The second-order valence-electron chi connectivity index (χ2n) is 10.1. The van der Waals surface area contributed by atoms with Gasteiger partial charge in [-0.1, -0.05) is 73.2 Å². The summed E-state index contributed by atoms with van der Waals surface area (Å²) in [6, 6.07) is 24.0. The van der Waals surface area contributed by atoms with E-state index in [9.17, 15) is 13.5 Å². The highest BCUT2D eigenvalue weighted by Crippen LogP contribution is 2.38. The molecule has 2 aliphatic rings. The van der Waals surface area contributed by atoms with Gasteiger partial charge in [0.25, 0.3) is 0 Å². The maximum Gasteiger partial charge on any atom is 0.240 e. The number of aliphatic hydroxyl groups excluding tert-OH is 1. The Hall–Kier alpha value is -2.59. The first kappa shape index (κ1) is 27.0. The third kappa shape index (κ3) is 6.88. The van der Waals surface area contributed by atoms with Gasteiger partial charge in [-0.25, -0.2) is 13.1 Å². The first-order valence-corrected chi connectivity index (χ1v) is 14.8. The molecule has 0 spiro atoms. The smallest absolute Gasteiger partial charge is 0.240 e. The fourth-order valence-corrected chi connectivity index (χ4v) is 6.16. The third-order valence-corrected chi connectivity index (χ3v) is 8.71. The van der Waals surface area contributed by atoms with E-state index in [0.717, 1.165) is 48.3 Å². The molecule has 0 amide bonds. The molecule has 3 unspecified atom stereocenters. The van der Waals surface area contributed by atoms with E-state index < -0.39 is 16.3 Å². The molecule has 0 aromatic heterocycles. The average molecular weight is 537 g/mol. The molecule has 2 saturated heterocycles. The van der Waals surface area contributed by atoms with Gasteiger partial charge in [-0.05, 0) is 54.8 Å². The number of nitrogens with zero attached hydrogens (tertiary/aromatic N) is 1. The zero-order valence-electron chi connectivity index (χ0n) is 21.5. The summed E-state index contributed by atoms with van der Waals surface area (Å²) in [4.78, 5) is 2.74. The predicted molar refractivity (Wildman–Crippen MR) is 146 cm³/mol. The molecule has 0 saturated carbocycles. The molecule has 2 heterocycles. The van der Waals surface area contributed by atoms with E-state index in [2.05, 4.69) is 9.62 Å². The van der Waals surface area contributed by atoms with E-state index >= 15 is 0 Å². The summed E-state index contributed by atoms with van der Waals surface area (Å²) in [6.07, 6.45) is 3.92. The van der Waals surface area contributed by atoms with Crippen molar-refractivity contribution in [1.29, 1.82) is 0 Å². The van der Waals surface area contributed by atoms with Crippen molar-refractivity contribution in [1.82, 2.24) is 9.62 Å². The molecular weight excluding hydrogens is 500 g/mol. The van der Waals surface area contributed by atoms with Crippen molar-refractivity contribution < 1.29 is 23.0 Å². The molecule has 5 rings (SSSR count). The Balaban J connectivity index is 1.28. The summed E-state index contributed by atoms with van der Waals surface area (Å²) in [6.45, 7) is 3.30. The van der Waals surface area contributed by atoms with Crippen LogP contribution < -0.4 is 4.72 Å². The molecule has 3 aromatic rings. The van der Waals surface area contributed by atoms with Crippen LogP contribution in [0.2, 0.25) is 0 Å². The van der Waals surface area contributed by atoms with Gasteiger partial charge >= 0.3 is 0 Å². The van der Waals surface area contributed by atoms with Gasteiger partial charge in [-0.2, -0.15) is 0 Å². The molecule has 2 aliphatic heterocycles. The zero-order valence-corrected chi connectivity index (χ0v) is 22.4. The van der Waals surface area contributed by atoms with Crippen LogP contribution in [0.4, 0.5) is 0 Å². The number of rotatable bonds is 9. The van der Waals surface area contributed by atoms with Crippen molar-refractivity contribution in [2.45, 2.75) is 62.2 Å². The van der Waals surface area contributed by atoms with Gasteiger partial charge in [0.15, 0.2) is 6.29 Å². The highest BCUT2D eigenvalue weighted by atomic mass is 32.2. The van der Waals surface area contributed by atoms with Crippen LogP contribution in [0.25, 0.3) is 0 Å². The second kappa shape index (κ2) is 12.5. The monoisotopic (exact) mass is 536 g/mol. The van der Waals surface area contributed by atoms with E-state index in [1.54, 1.807) is 30.3 Å². The third-order valence-electron chi connectivity index (χ3n) is 7.30. The minimum absolute atomic E-state index is 0.0168. The summed E-state index contributed by atoms with van der Waals surface area (Å²) < 4.78 is 40.7. The molecule has 202 valence electrons. The van der Waals surface area contributed by atoms with Crippen LogP contribution in [0.15, 0.2) is 83.8 Å². The van der Waals surface area contributed by atoms with Crippen molar-refractivity contribution in [2.24, 2.45) is 0 Å². The Morgan fingerprint density at radius 1 is 0.816 bits per heavy atom. The summed E-state index contributed by atoms with van der Waals surface area (Å²) in [7, 11) is -3.57. The van der Waals surface area contributed by atoms with Crippen LogP contribution >= 0.6 is 0 Å².